The van der Waals surface area contributed by atoms with Crippen LogP contribution in [-0.4, -0.2) is 5.11 Å². The highest BCUT2D eigenvalue weighted by atomic mass is 35.5. The molecule has 1 aromatic rings. The lowest BCUT2D eigenvalue weighted by atomic mass is 9.95. The first-order chi connectivity index (χ1) is 7.15. The van der Waals surface area contributed by atoms with Crippen molar-refractivity contribution in [3.05, 3.63) is 28.8 Å². The molecule has 1 unspecified atom stereocenters. The molecule has 1 rings (SSSR count). The molecule has 0 amide bonds. The fourth-order valence-electron chi connectivity index (χ4n) is 1.70. The molecule has 0 bridgehead atoms. The van der Waals surface area contributed by atoms with Crippen LogP contribution >= 0.6 is 11.6 Å². The van der Waals surface area contributed by atoms with Crippen LogP contribution in [0.25, 0.3) is 0 Å². The summed E-state index contributed by atoms with van der Waals surface area (Å²) in [4.78, 5) is 0. The quantitative estimate of drug-likeness (QED) is 0.720. The fraction of sp³-hybridized carbons (Fsp3) is 0.538. The lowest BCUT2D eigenvalue weighted by Gasteiger charge is -2.12. The molecule has 0 saturated carbocycles. The number of aromatic hydroxyl groups is 1. The Hall–Kier alpha value is -0.690. The Kier molecular flexibility index (Phi) is 4.97. The van der Waals surface area contributed by atoms with Crippen LogP contribution in [0.5, 0.6) is 5.75 Å². The Morgan fingerprint density at radius 1 is 1.33 bits per heavy atom. The molecule has 0 fully saturated rings. The zero-order valence-electron chi connectivity index (χ0n) is 9.46. The summed E-state index contributed by atoms with van der Waals surface area (Å²) in [6.45, 7) is 4.42. The van der Waals surface area contributed by atoms with Gasteiger partial charge in [-0.05, 0) is 30.0 Å². The average Bonchev–Trinajstić information content (AvgIpc) is 2.22. The summed E-state index contributed by atoms with van der Waals surface area (Å²) in [5.41, 5.74) is 1.22. The van der Waals surface area contributed by atoms with Crippen LogP contribution in [0.3, 0.4) is 0 Å². The summed E-state index contributed by atoms with van der Waals surface area (Å²) < 4.78 is 0. The van der Waals surface area contributed by atoms with Crippen molar-refractivity contribution >= 4 is 11.6 Å². The van der Waals surface area contributed by atoms with Crippen molar-refractivity contribution in [2.24, 2.45) is 0 Å². The molecule has 2 heteroatoms. The minimum absolute atomic E-state index is 0.168. The van der Waals surface area contributed by atoms with Crippen molar-refractivity contribution < 1.29 is 5.11 Å². The summed E-state index contributed by atoms with van der Waals surface area (Å²) >= 11 is 5.87. The zero-order valence-corrected chi connectivity index (χ0v) is 10.2. The lowest BCUT2D eigenvalue weighted by molar-refractivity contribution is 0.475. The van der Waals surface area contributed by atoms with Gasteiger partial charge in [0.05, 0.1) is 5.02 Å². The highest BCUT2D eigenvalue weighted by Crippen LogP contribution is 2.29. The molecular weight excluding hydrogens is 208 g/mol. The van der Waals surface area contributed by atoms with E-state index in [2.05, 4.69) is 13.8 Å². The van der Waals surface area contributed by atoms with Gasteiger partial charge in [0.15, 0.2) is 0 Å². The molecule has 0 aliphatic heterocycles. The lowest BCUT2D eigenvalue weighted by Crippen LogP contribution is -1.93. The van der Waals surface area contributed by atoms with Crippen LogP contribution in [-0.2, 0) is 0 Å². The van der Waals surface area contributed by atoms with Gasteiger partial charge in [0.25, 0.3) is 0 Å². The third kappa shape index (κ3) is 3.75. The van der Waals surface area contributed by atoms with Crippen LogP contribution in [0, 0.1) is 0 Å². The molecule has 0 heterocycles. The molecule has 15 heavy (non-hydrogen) atoms. The van der Waals surface area contributed by atoms with Gasteiger partial charge in [0.2, 0.25) is 0 Å². The second-order valence-electron chi connectivity index (χ2n) is 4.11. The van der Waals surface area contributed by atoms with Crippen LogP contribution < -0.4 is 0 Å². The summed E-state index contributed by atoms with van der Waals surface area (Å²) in [6.07, 6.45) is 4.99. The Morgan fingerprint density at radius 2 is 2.07 bits per heavy atom. The molecule has 84 valence electrons. The number of hydrogen-bond acceptors (Lipinski definition) is 1. The van der Waals surface area contributed by atoms with E-state index in [1.54, 1.807) is 6.07 Å². The second-order valence-corrected chi connectivity index (χ2v) is 4.51. The third-order valence-corrected chi connectivity index (χ3v) is 3.08. The van der Waals surface area contributed by atoms with E-state index in [0.29, 0.717) is 10.9 Å². The van der Waals surface area contributed by atoms with E-state index >= 15 is 0 Å². The molecule has 1 nitrogen and oxygen atoms in total. The Labute approximate surface area is 97.1 Å². The van der Waals surface area contributed by atoms with Gasteiger partial charge in [-0.1, -0.05) is 50.8 Å². The van der Waals surface area contributed by atoms with Gasteiger partial charge < -0.3 is 5.11 Å². The number of phenolic OH excluding ortho intramolecular Hbond substituents is 1. The average molecular weight is 227 g/mol. The molecular formula is C13H19ClO. The van der Waals surface area contributed by atoms with Crippen molar-refractivity contribution in [2.45, 2.75) is 45.4 Å². The smallest absolute Gasteiger partial charge is 0.134 e. The maximum absolute atomic E-state index is 9.31. The topological polar surface area (TPSA) is 20.2 Å². The standard InChI is InChI=1S/C13H19ClO/c1-3-4-5-6-10(2)11-7-8-13(15)12(14)9-11/h7-10,15H,3-6H2,1-2H3. The van der Waals surface area contributed by atoms with Gasteiger partial charge >= 0.3 is 0 Å². The highest BCUT2D eigenvalue weighted by Gasteiger charge is 2.07. The van der Waals surface area contributed by atoms with Crippen LogP contribution in [0.15, 0.2) is 18.2 Å². The van der Waals surface area contributed by atoms with E-state index in [4.69, 9.17) is 11.6 Å². The van der Waals surface area contributed by atoms with Gasteiger partial charge in [-0.25, -0.2) is 0 Å². The maximum Gasteiger partial charge on any atom is 0.134 e. The number of hydrogen-bond donors (Lipinski definition) is 1. The first-order valence-corrected chi connectivity index (χ1v) is 6.01. The minimum Gasteiger partial charge on any atom is -0.506 e. The highest BCUT2D eigenvalue weighted by molar-refractivity contribution is 6.32. The Balaban J connectivity index is 2.57. The largest absolute Gasteiger partial charge is 0.506 e. The second kappa shape index (κ2) is 6.02. The summed E-state index contributed by atoms with van der Waals surface area (Å²) in [5, 5.41) is 9.76. The van der Waals surface area contributed by atoms with Gasteiger partial charge in [-0.3, -0.25) is 0 Å². The van der Waals surface area contributed by atoms with E-state index in [1.165, 1.54) is 31.2 Å². The van der Waals surface area contributed by atoms with Gasteiger partial charge in [0.1, 0.15) is 5.75 Å². The van der Waals surface area contributed by atoms with E-state index in [9.17, 15) is 5.11 Å². The van der Waals surface area contributed by atoms with E-state index in [1.807, 2.05) is 12.1 Å². The van der Waals surface area contributed by atoms with Gasteiger partial charge in [-0.2, -0.15) is 0 Å². The number of benzene rings is 1. The first-order valence-electron chi connectivity index (χ1n) is 5.63. The monoisotopic (exact) mass is 226 g/mol. The number of unbranched alkanes of at least 4 members (excludes halogenated alkanes) is 2. The molecule has 1 N–H and O–H groups in total. The van der Waals surface area contributed by atoms with Crippen molar-refractivity contribution in [3.63, 3.8) is 0 Å². The number of rotatable bonds is 5. The van der Waals surface area contributed by atoms with Crippen LogP contribution in [0.4, 0.5) is 0 Å². The minimum atomic E-state index is 0.168. The van der Waals surface area contributed by atoms with Crippen molar-refractivity contribution in [1.82, 2.24) is 0 Å². The molecule has 0 aliphatic carbocycles. The molecule has 0 spiro atoms. The predicted molar refractivity (Wildman–Crippen MR) is 65.7 cm³/mol. The normalized spacial score (nSPS) is 12.7. The van der Waals surface area contributed by atoms with Crippen molar-refractivity contribution in [3.8, 4) is 5.75 Å². The van der Waals surface area contributed by atoms with Crippen LogP contribution in [0.2, 0.25) is 5.02 Å². The molecule has 0 radical (unpaired) electrons. The SMILES string of the molecule is CCCCCC(C)c1ccc(O)c(Cl)c1. The summed E-state index contributed by atoms with van der Waals surface area (Å²) in [7, 11) is 0. The summed E-state index contributed by atoms with van der Waals surface area (Å²) in [5.74, 6) is 0.691. The van der Waals surface area contributed by atoms with Crippen molar-refractivity contribution in [1.29, 1.82) is 0 Å². The zero-order chi connectivity index (χ0) is 11.3. The molecule has 1 aromatic carbocycles. The first kappa shape index (κ1) is 12.4. The van der Waals surface area contributed by atoms with E-state index in [0.717, 1.165) is 0 Å². The number of phenols is 1. The van der Waals surface area contributed by atoms with Crippen LogP contribution in [0.1, 0.15) is 51.0 Å². The van der Waals surface area contributed by atoms with Gasteiger partial charge in [0, 0.05) is 0 Å². The fourth-order valence-corrected chi connectivity index (χ4v) is 1.89. The molecule has 0 aromatic heterocycles. The van der Waals surface area contributed by atoms with E-state index < -0.39 is 0 Å². The predicted octanol–water partition coefficient (Wildman–Crippen LogP) is 4.73. The maximum atomic E-state index is 9.31. The summed E-state index contributed by atoms with van der Waals surface area (Å²) in [6, 6.07) is 5.50. The van der Waals surface area contributed by atoms with Gasteiger partial charge in [-0.15, -0.1) is 0 Å². The molecule has 1 atom stereocenters. The number of halogens is 1. The molecule has 0 saturated heterocycles. The Morgan fingerprint density at radius 3 is 2.67 bits per heavy atom. The van der Waals surface area contributed by atoms with E-state index in [-0.39, 0.29) is 5.75 Å². The third-order valence-electron chi connectivity index (χ3n) is 2.78. The van der Waals surface area contributed by atoms with Crippen molar-refractivity contribution in [2.75, 3.05) is 0 Å². The molecule has 0 aliphatic rings. The Bertz CT molecular complexity index is 309.